The van der Waals surface area contributed by atoms with E-state index in [1.807, 2.05) is 6.92 Å². The van der Waals surface area contributed by atoms with Crippen molar-refractivity contribution in [1.29, 1.82) is 0 Å². The number of anilines is 1. The molecule has 0 radical (unpaired) electrons. The first-order chi connectivity index (χ1) is 11.6. The van der Waals surface area contributed by atoms with Gasteiger partial charge in [0.15, 0.2) is 0 Å². The van der Waals surface area contributed by atoms with Crippen molar-refractivity contribution >= 4 is 11.7 Å². The first kappa shape index (κ1) is 16.2. The Morgan fingerprint density at radius 2 is 2.12 bits per heavy atom. The van der Waals surface area contributed by atoms with Gasteiger partial charge in [-0.2, -0.15) is 0 Å². The van der Waals surface area contributed by atoms with E-state index < -0.39 is 0 Å². The SMILES string of the molecule is C[C@H]1CN(C(=O)Nc2ccc(Oc3ccc(F)cc3)nc2)CCO1. The smallest absolute Gasteiger partial charge is 0.322 e. The molecule has 6 nitrogen and oxygen atoms in total. The fourth-order valence-corrected chi connectivity index (χ4v) is 2.34. The summed E-state index contributed by atoms with van der Waals surface area (Å²) >= 11 is 0. The summed E-state index contributed by atoms with van der Waals surface area (Å²) in [5, 5.41) is 2.79. The monoisotopic (exact) mass is 331 g/mol. The van der Waals surface area contributed by atoms with E-state index in [2.05, 4.69) is 10.3 Å². The summed E-state index contributed by atoms with van der Waals surface area (Å²) < 4.78 is 23.8. The standard InChI is InChI=1S/C17H18FN3O3/c1-12-11-21(8-9-23-12)17(22)20-14-4-7-16(19-10-14)24-15-5-2-13(18)3-6-15/h2-7,10,12H,8-9,11H2,1H3,(H,20,22)/t12-/m0/s1. The number of hydrogen-bond donors (Lipinski definition) is 1. The van der Waals surface area contributed by atoms with Gasteiger partial charge in [0.1, 0.15) is 11.6 Å². The molecule has 1 aliphatic rings. The lowest BCUT2D eigenvalue weighted by atomic mass is 10.3. The number of nitrogens with one attached hydrogen (secondary N) is 1. The summed E-state index contributed by atoms with van der Waals surface area (Å²) in [6.45, 7) is 3.60. The van der Waals surface area contributed by atoms with Gasteiger partial charge in [0.2, 0.25) is 5.88 Å². The molecule has 1 fully saturated rings. The molecule has 0 bridgehead atoms. The van der Waals surface area contributed by atoms with Gasteiger partial charge in [-0.3, -0.25) is 0 Å². The topological polar surface area (TPSA) is 63.7 Å². The Balaban J connectivity index is 1.58. The van der Waals surface area contributed by atoms with E-state index in [4.69, 9.17) is 9.47 Å². The van der Waals surface area contributed by atoms with Crippen molar-refractivity contribution in [2.75, 3.05) is 25.0 Å². The molecule has 0 unspecified atom stereocenters. The third kappa shape index (κ3) is 4.20. The third-order valence-electron chi connectivity index (χ3n) is 3.55. The van der Waals surface area contributed by atoms with Crippen LogP contribution in [0.5, 0.6) is 11.6 Å². The molecule has 2 aromatic rings. The molecular weight excluding hydrogens is 313 g/mol. The second kappa shape index (κ2) is 7.27. The van der Waals surface area contributed by atoms with Crippen LogP contribution in [0.4, 0.5) is 14.9 Å². The average molecular weight is 331 g/mol. The zero-order chi connectivity index (χ0) is 16.9. The maximum Gasteiger partial charge on any atom is 0.322 e. The number of carbonyl (C=O) groups excluding carboxylic acids is 1. The van der Waals surface area contributed by atoms with Crippen LogP contribution in [0.15, 0.2) is 42.6 Å². The Morgan fingerprint density at radius 1 is 1.33 bits per heavy atom. The van der Waals surface area contributed by atoms with Crippen LogP contribution in [0.3, 0.4) is 0 Å². The number of ether oxygens (including phenoxy) is 2. The lowest BCUT2D eigenvalue weighted by molar-refractivity contribution is -0.00138. The molecule has 1 aliphatic heterocycles. The predicted octanol–water partition coefficient (Wildman–Crippen LogP) is 3.27. The summed E-state index contributed by atoms with van der Waals surface area (Å²) in [5.41, 5.74) is 0.575. The summed E-state index contributed by atoms with van der Waals surface area (Å²) in [7, 11) is 0. The fraction of sp³-hybridized carbons (Fsp3) is 0.294. The fourth-order valence-electron chi connectivity index (χ4n) is 2.34. The van der Waals surface area contributed by atoms with Crippen LogP contribution in [-0.2, 0) is 4.74 Å². The number of hydrogen-bond acceptors (Lipinski definition) is 4. The minimum atomic E-state index is -0.328. The lowest BCUT2D eigenvalue weighted by Crippen LogP contribution is -2.46. The Morgan fingerprint density at radius 3 is 2.79 bits per heavy atom. The Bertz CT molecular complexity index is 691. The average Bonchev–Trinajstić information content (AvgIpc) is 2.59. The van der Waals surface area contributed by atoms with Crippen molar-refractivity contribution in [2.45, 2.75) is 13.0 Å². The Labute approximate surface area is 139 Å². The first-order valence-corrected chi connectivity index (χ1v) is 7.67. The van der Waals surface area contributed by atoms with Crippen LogP contribution in [0.1, 0.15) is 6.92 Å². The summed E-state index contributed by atoms with van der Waals surface area (Å²) in [6.07, 6.45) is 1.55. The van der Waals surface area contributed by atoms with Crippen molar-refractivity contribution in [3.8, 4) is 11.6 Å². The van der Waals surface area contributed by atoms with Crippen molar-refractivity contribution in [2.24, 2.45) is 0 Å². The number of pyridine rings is 1. The van der Waals surface area contributed by atoms with Crippen molar-refractivity contribution in [3.05, 3.63) is 48.4 Å². The van der Waals surface area contributed by atoms with E-state index >= 15 is 0 Å². The van der Waals surface area contributed by atoms with Crippen LogP contribution in [0.25, 0.3) is 0 Å². The number of carbonyl (C=O) groups is 1. The van der Waals surface area contributed by atoms with Gasteiger partial charge in [-0.15, -0.1) is 0 Å². The molecule has 0 saturated carbocycles. The number of nitrogens with zero attached hydrogens (tertiary/aromatic N) is 2. The molecule has 1 atom stereocenters. The van der Waals surface area contributed by atoms with E-state index in [0.717, 1.165) is 0 Å². The summed E-state index contributed by atoms with van der Waals surface area (Å²) in [6, 6.07) is 8.83. The normalized spacial score (nSPS) is 17.4. The van der Waals surface area contributed by atoms with E-state index in [9.17, 15) is 9.18 Å². The Kier molecular flexibility index (Phi) is 4.90. The highest BCUT2D eigenvalue weighted by atomic mass is 19.1. The molecule has 0 spiro atoms. The van der Waals surface area contributed by atoms with Crippen molar-refractivity contribution < 1.29 is 18.7 Å². The highest BCUT2D eigenvalue weighted by Crippen LogP contribution is 2.20. The van der Waals surface area contributed by atoms with E-state index in [1.165, 1.54) is 30.5 Å². The van der Waals surface area contributed by atoms with Gasteiger partial charge in [0.05, 0.1) is 24.6 Å². The van der Waals surface area contributed by atoms with E-state index in [1.54, 1.807) is 17.0 Å². The molecule has 1 aromatic carbocycles. The summed E-state index contributed by atoms with van der Waals surface area (Å²) in [4.78, 5) is 18.0. The molecular formula is C17H18FN3O3. The zero-order valence-corrected chi connectivity index (χ0v) is 13.2. The second-order valence-electron chi connectivity index (χ2n) is 5.50. The molecule has 7 heteroatoms. The van der Waals surface area contributed by atoms with Gasteiger partial charge in [0.25, 0.3) is 0 Å². The summed E-state index contributed by atoms with van der Waals surface area (Å²) in [5.74, 6) is 0.522. The first-order valence-electron chi connectivity index (χ1n) is 7.67. The van der Waals surface area contributed by atoms with Crippen LogP contribution in [0, 0.1) is 5.82 Å². The highest BCUT2D eigenvalue weighted by molar-refractivity contribution is 5.89. The molecule has 0 aliphatic carbocycles. The molecule has 1 aromatic heterocycles. The lowest BCUT2D eigenvalue weighted by Gasteiger charge is -2.31. The van der Waals surface area contributed by atoms with Gasteiger partial charge in [-0.1, -0.05) is 0 Å². The van der Waals surface area contributed by atoms with Gasteiger partial charge in [-0.25, -0.2) is 14.2 Å². The Hall–Kier alpha value is -2.67. The number of halogens is 1. The second-order valence-corrected chi connectivity index (χ2v) is 5.50. The van der Waals surface area contributed by atoms with Crippen LogP contribution in [0.2, 0.25) is 0 Å². The molecule has 3 rings (SSSR count). The maximum atomic E-state index is 12.9. The number of rotatable bonds is 3. The van der Waals surface area contributed by atoms with E-state index in [0.29, 0.717) is 37.0 Å². The predicted molar refractivity (Wildman–Crippen MR) is 86.7 cm³/mol. The minimum absolute atomic E-state index is 0.0362. The molecule has 2 heterocycles. The highest BCUT2D eigenvalue weighted by Gasteiger charge is 2.21. The number of amides is 2. The van der Waals surface area contributed by atoms with E-state index in [-0.39, 0.29) is 18.0 Å². The quantitative estimate of drug-likeness (QED) is 0.937. The van der Waals surface area contributed by atoms with Gasteiger partial charge >= 0.3 is 6.03 Å². The number of benzene rings is 1. The molecule has 2 amide bonds. The van der Waals surface area contributed by atoms with Gasteiger partial charge < -0.3 is 19.7 Å². The van der Waals surface area contributed by atoms with Crippen LogP contribution >= 0.6 is 0 Å². The third-order valence-corrected chi connectivity index (χ3v) is 3.55. The molecule has 24 heavy (non-hydrogen) atoms. The zero-order valence-electron chi connectivity index (χ0n) is 13.2. The largest absolute Gasteiger partial charge is 0.439 e. The maximum absolute atomic E-state index is 12.9. The molecule has 1 N–H and O–H groups in total. The molecule has 1 saturated heterocycles. The number of morpholine rings is 1. The van der Waals surface area contributed by atoms with Crippen LogP contribution < -0.4 is 10.1 Å². The van der Waals surface area contributed by atoms with Crippen molar-refractivity contribution in [1.82, 2.24) is 9.88 Å². The van der Waals surface area contributed by atoms with Gasteiger partial charge in [-0.05, 0) is 37.3 Å². The van der Waals surface area contributed by atoms with Gasteiger partial charge in [0, 0.05) is 19.2 Å². The number of aromatic nitrogens is 1. The van der Waals surface area contributed by atoms with Crippen LogP contribution in [-0.4, -0.2) is 41.7 Å². The molecule has 126 valence electrons. The minimum Gasteiger partial charge on any atom is -0.439 e. The number of urea groups is 1. The van der Waals surface area contributed by atoms with Crippen molar-refractivity contribution in [3.63, 3.8) is 0 Å².